The molecule has 2 N–H and O–H groups in total. The number of rotatable bonds is 1. The molecule has 0 aromatic rings. The lowest BCUT2D eigenvalue weighted by Crippen LogP contribution is -2.40. The topological polar surface area (TPSA) is 35.2 Å². The van der Waals surface area contributed by atoms with Crippen LogP contribution in [0.3, 0.4) is 0 Å². The molecule has 3 saturated carbocycles. The maximum atomic E-state index is 6.63. The molecule has 20 heavy (non-hydrogen) atoms. The smallest absolute Gasteiger partial charge is 0.0641 e. The van der Waals surface area contributed by atoms with Gasteiger partial charge >= 0.3 is 0 Å². The third-order valence-electron chi connectivity index (χ3n) is 6.98. The van der Waals surface area contributed by atoms with Gasteiger partial charge < -0.3 is 10.5 Å². The highest BCUT2D eigenvalue weighted by Gasteiger charge is 2.50. The highest BCUT2D eigenvalue weighted by molar-refractivity contribution is 4.99. The van der Waals surface area contributed by atoms with E-state index in [0.717, 1.165) is 23.7 Å². The summed E-state index contributed by atoms with van der Waals surface area (Å²) in [4.78, 5) is 0. The van der Waals surface area contributed by atoms with Gasteiger partial charge in [-0.15, -0.1) is 0 Å². The van der Waals surface area contributed by atoms with Crippen LogP contribution in [-0.2, 0) is 4.74 Å². The van der Waals surface area contributed by atoms with Crippen molar-refractivity contribution in [1.82, 2.24) is 0 Å². The molecule has 0 radical (unpaired) electrons. The Balaban J connectivity index is 1.47. The van der Waals surface area contributed by atoms with Crippen LogP contribution >= 0.6 is 0 Å². The van der Waals surface area contributed by atoms with E-state index in [9.17, 15) is 0 Å². The molecule has 5 unspecified atom stereocenters. The van der Waals surface area contributed by atoms with Gasteiger partial charge in [0, 0.05) is 6.04 Å². The first-order valence-corrected chi connectivity index (χ1v) is 9.24. The standard InChI is InChI=1S/C18H31NO/c19-13-10-8-12(9-11-13)14-5-3-6-16-15-4-1-2-7-17(15)20-18(14)16/h12-18H,1-11,19H2. The predicted molar refractivity (Wildman–Crippen MR) is 81.4 cm³/mol. The van der Waals surface area contributed by atoms with Crippen LogP contribution < -0.4 is 5.73 Å². The first-order chi connectivity index (χ1) is 9.83. The zero-order chi connectivity index (χ0) is 13.5. The quantitative estimate of drug-likeness (QED) is 0.789. The van der Waals surface area contributed by atoms with E-state index in [-0.39, 0.29) is 0 Å². The van der Waals surface area contributed by atoms with Crippen molar-refractivity contribution in [3.8, 4) is 0 Å². The van der Waals surface area contributed by atoms with Crippen molar-refractivity contribution in [2.24, 2.45) is 29.4 Å². The summed E-state index contributed by atoms with van der Waals surface area (Å²) in [6.45, 7) is 0. The van der Waals surface area contributed by atoms with Crippen LogP contribution in [0.4, 0.5) is 0 Å². The highest BCUT2D eigenvalue weighted by atomic mass is 16.5. The molecule has 0 aromatic carbocycles. The normalized spacial score (nSPS) is 52.4. The zero-order valence-corrected chi connectivity index (χ0v) is 12.8. The molecule has 1 saturated heterocycles. The molecule has 4 rings (SSSR count). The number of fused-ring (bicyclic) bond motifs is 3. The maximum Gasteiger partial charge on any atom is 0.0641 e. The van der Waals surface area contributed by atoms with Crippen molar-refractivity contribution in [3.63, 3.8) is 0 Å². The molecule has 2 heteroatoms. The van der Waals surface area contributed by atoms with Gasteiger partial charge in [0.1, 0.15) is 0 Å². The van der Waals surface area contributed by atoms with Gasteiger partial charge in [0.25, 0.3) is 0 Å². The molecule has 0 spiro atoms. The molecule has 0 bridgehead atoms. The van der Waals surface area contributed by atoms with Crippen LogP contribution in [0.1, 0.15) is 70.6 Å². The second-order valence-corrected chi connectivity index (χ2v) is 8.02. The minimum Gasteiger partial charge on any atom is -0.374 e. The fourth-order valence-corrected chi connectivity index (χ4v) is 5.96. The zero-order valence-electron chi connectivity index (χ0n) is 12.8. The van der Waals surface area contributed by atoms with Gasteiger partial charge in [-0.05, 0) is 75.0 Å². The highest BCUT2D eigenvalue weighted by Crippen LogP contribution is 2.52. The van der Waals surface area contributed by atoms with Crippen LogP contribution in [0, 0.1) is 23.7 Å². The minimum atomic E-state index is 0.484. The van der Waals surface area contributed by atoms with Crippen molar-refractivity contribution in [3.05, 3.63) is 0 Å². The summed E-state index contributed by atoms with van der Waals surface area (Å²) in [5.74, 6) is 3.62. The monoisotopic (exact) mass is 277 g/mol. The van der Waals surface area contributed by atoms with Gasteiger partial charge in [-0.1, -0.05) is 19.3 Å². The Labute approximate surface area is 123 Å². The molecule has 1 aliphatic heterocycles. The lowest BCUT2D eigenvalue weighted by atomic mass is 9.65. The van der Waals surface area contributed by atoms with Gasteiger partial charge in [0.15, 0.2) is 0 Å². The van der Waals surface area contributed by atoms with Crippen molar-refractivity contribution in [2.45, 2.75) is 88.9 Å². The second kappa shape index (κ2) is 5.61. The van der Waals surface area contributed by atoms with Crippen molar-refractivity contribution in [1.29, 1.82) is 0 Å². The summed E-state index contributed by atoms with van der Waals surface area (Å²) in [7, 11) is 0. The second-order valence-electron chi connectivity index (χ2n) is 8.02. The van der Waals surface area contributed by atoms with Gasteiger partial charge in [-0.25, -0.2) is 0 Å². The Hall–Kier alpha value is -0.0800. The first-order valence-electron chi connectivity index (χ1n) is 9.24. The fraction of sp³-hybridized carbons (Fsp3) is 1.00. The van der Waals surface area contributed by atoms with E-state index in [4.69, 9.17) is 10.5 Å². The predicted octanol–water partition coefficient (Wildman–Crippen LogP) is 3.88. The molecular formula is C18H31NO. The summed E-state index contributed by atoms with van der Waals surface area (Å²) >= 11 is 0. The molecule has 4 fully saturated rings. The molecule has 2 nitrogen and oxygen atoms in total. The number of hydrogen-bond acceptors (Lipinski definition) is 2. The largest absolute Gasteiger partial charge is 0.374 e. The molecule has 4 aliphatic rings. The number of nitrogens with two attached hydrogens (primary N) is 1. The third kappa shape index (κ3) is 2.33. The van der Waals surface area contributed by atoms with Crippen LogP contribution in [-0.4, -0.2) is 18.2 Å². The molecule has 0 amide bonds. The molecular weight excluding hydrogens is 246 g/mol. The van der Waals surface area contributed by atoms with Gasteiger partial charge in [0.05, 0.1) is 12.2 Å². The summed E-state index contributed by atoms with van der Waals surface area (Å²) < 4.78 is 6.63. The van der Waals surface area contributed by atoms with Gasteiger partial charge in [-0.3, -0.25) is 0 Å². The lowest BCUT2D eigenvalue weighted by molar-refractivity contribution is -0.0471. The summed E-state index contributed by atoms with van der Waals surface area (Å²) in [5.41, 5.74) is 6.10. The summed E-state index contributed by atoms with van der Waals surface area (Å²) in [6, 6.07) is 0.484. The van der Waals surface area contributed by atoms with Crippen LogP contribution in [0.5, 0.6) is 0 Å². The van der Waals surface area contributed by atoms with Gasteiger partial charge in [0.2, 0.25) is 0 Å². The van der Waals surface area contributed by atoms with Gasteiger partial charge in [-0.2, -0.15) is 0 Å². The van der Waals surface area contributed by atoms with Crippen LogP contribution in [0.2, 0.25) is 0 Å². The summed E-state index contributed by atoms with van der Waals surface area (Å²) in [6.07, 6.45) is 16.5. The maximum absolute atomic E-state index is 6.63. The molecule has 0 aromatic heterocycles. The van der Waals surface area contributed by atoms with E-state index < -0.39 is 0 Å². The van der Waals surface area contributed by atoms with E-state index in [0.29, 0.717) is 18.2 Å². The third-order valence-corrected chi connectivity index (χ3v) is 6.98. The molecule has 1 heterocycles. The number of hydrogen-bond donors (Lipinski definition) is 1. The Bertz CT molecular complexity index is 336. The van der Waals surface area contributed by atoms with E-state index in [1.807, 2.05) is 0 Å². The Morgan fingerprint density at radius 2 is 1.35 bits per heavy atom. The minimum absolute atomic E-state index is 0.484. The van der Waals surface area contributed by atoms with E-state index in [2.05, 4.69) is 0 Å². The van der Waals surface area contributed by atoms with E-state index in [1.54, 1.807) is 0 Å². The Morgan fingerprint density at radius 3 is 2.20 bits per heavy atom. The molecule has 114 valence electrons. The van der Waals surface area contributed by atoms with Crippen LogP contribution in [0.15, 0.2) is 0 Å². The van der Waals surface area contributed by atoms with E-state index >= 15 is 0 Å². The number of ether oxygens (including phenoxy) is 1. The SMILES string of the molecule is NC1CCC(C2CCCC3C4CCCCC4OC23)CC1. The first kappa shape index (κ1) is 13.6. The van der Waals surface area contributed by atoms with Crippen molar-refractivity contribution >= 4 is 0 Å². The Kier molecular flexibility index (Phi) is 3.80. The lowest BCUT2D eigenvalue weighted by Gasteiger charge is -2.41. The molecule has 3 aliphatic carbocycles. The van der Waals surface area contributed by atoms with E-state index in [1.165, 1.54) is 70.6 Å². The average Bonchev–Trinajstić information content (AvgIpc) is 2.87. The van der Waals surface area contributed by atoms with Crippen molar-refractivity contribution in [2.75, 3.05) is 0 Å². The van der Waals surface area contributed by atoms with Crippen LogP contribution in [0.25, 0.3) is 0 Å². The Morgan fingerprint density at radius 1 is 0.650 bits per heavy atom. The fourth-order valence-electron chi connectivity index (χ4n) is 5.96. The van der Waals surface area contributed by atoms with Crippen molar-refractivity contribution < 1.29 is 4.74 Å². The molecule has 5 atom stereocenters. The average molecular weight is 277 g/mol. The summed E-state index contributed by atoms with van der Waals surface area (Å²) in [5, 5.41) is 0.